The summed E-state index contributed by atoms with van der Waals surface area (Å²) < 4.78 is 0. The summed E-state index contributed by atoms with van der Waals surface area (Å²) in [6.07, 6.45) is 5.18. The Morgan fingerprint density at radius 3 is 2.00 bits per heavy atom. The normalized spacial score (nSPS) is 13.2. The van der Waals surface area contributed by atoms with E-state index >= 15 is 0 Å². The van der Waals surface area contributed by atoms with Gasteiger partial charge in [-0.2, -0.15) is 0 Å². The zero-order valence-corrected chi connectivity index (χ0v) is 17.0. The molecule has 1 aliphatic carbocycles. The van der Waals surface area contributed by atoms with Gasteiger partial charge < -0.3 is 0 Å². The summed E-state index contributed by atoms with van der Waals surface area (Å²) in [7, 11) is 0. The van der Waals surface area contributed by atoms with Crippen LogP contribution in [0.25, 0.3) is 54.9 Å². The van der Waals surface area contributed by atoms with Gasteiger partial charge in [0, 0.05) is 11.6 Å². The van der Waals surface area contributed by atoms with Crippen molar-refractivity contribution in [3.8, 4) is 0 Å². The fourth-order valence-corrected chi connectivity index (χ4v) is 5.26. The summed E-state index contributed by atoms with van der Waals surface area (Å²) in [4.78, 5) is 4.58. The molecule has 0 saturated carbocycles. The van der Waals surface area contributed by atoms with E-state index in [4.69, 9.17) is 0 Å². The number of rotatable bonds is 1. The molecule has 31 heavy (non-hydrogen) atoms. The Morgan fingerprint density at radius 2 is 1.26 bits per heavy atom. The molecule has 1 heterocycles. The SMILES string of the molecule is C1=c2cc3cccnc3cc2=C(c2ccc3c4ccccc4c4ccccc4c3c2)C1. The number of fused-ring (bicyclic) bond motifs is 8. The number of aromatic nitrogens is 1. The molecule has 5 aromatic carbocycles. The summed E-state index contributed by atoms with van der Waals surface area (Å²) >= 11 is 0. The Morgan fingerprint density at radius 1 is 0.581 bits per heavy atom. The molecule has 0 radical (unpaired) electrons. The number of benzene rings is 5. The molecule has 0 N–H and O–H groups in total. The van der Waals surface area contributed by atoms with Crippen LogP contribution in [0.4, 0.5) is 0 Å². The number of hydrogen-bond acceptors (Lipinski definition) is 1. The van der Waals surface area contributed by atoms with Gasteiger partial charge in [-0.05, 0) is 84.6 Å². The van der Waals surface area contributed by atoms with Crippen molar-refractivity contribution in [2.75, 3.05) is 0 Å². The first-order valence-electron chi connectivity index (χ1n) is 10.8. The lowest BCUT2D eigenvalue weighted by molar-refractivity contribution is 1.39. The minimum absolute atomic E-state index is 0.961. The molecule has 0 bridgehead atoms. The Balaban J connectivity index is 1.58. The first-order valence-corrected chi connectivity index (χ1v) is 10.8. The Kier molecular flexibility index (Phi) is 3.39. The minimum Gasteiger partial charge on any atom is -0.256 e. The number of nitrogens with zero attached hydrogens (tertiary/aromatic N) is 1. The molecule has 0 unspecified atom stereocenters. The molecule has 1 heteroatoms. The lowest BCUT2D eigenvalue weighted by atomic mass is 9.91. The predicted molar refractivity (Wildman–Crippen MR) is 132 cm³/mol. The van der Waals surface area contributed by atoms with E-state index in [-0.39, 0.29) is 0 Å². The van der Waals surface area contributed by atoms with Crippen LogP contribution in [0, 0.1) is 0 Å². The second-order valence-corrected chi connectivity index (χ2v) is 8.37. The third-order valence-electron chi connectivity index (χ3n) is 6.72. The molecule has 0 atom stereocenters. The van der Waals surface area contributed by atoms with Crippen molar-refractivity contribution in [3.05, 3.63) is 113 Å². The predicted octanol–water partition coefficient (Wildman–Crippen LogP) is 6.08. The van der Waals surface area contributed by atoms with Crippen LogP contribution in [0.2, 0.25) is 0 Å². The quantitative estimate of drug-likeness (QED) is 0.309. The van der Waals surface area contributed by atoms with Crippen molar-refractivity contribution < 1.29 is 0 Å². The molecule has 7 rings (SSSR count). The maximum Gasteiger partial charge on any atom is 0.0708 e. The van der Waals surface area contributed by atoms with Crippen molar-refractivity contribution >= 4 is 54.9 Å². The van der Waals surface area contributed by atoms with E-state index in [1.54, 1.807) is 0 Å². The average Bonchev–Trinajstić information content (AvgIpc) is 3.25. The topological polar surface area (TPSA) is 12.9 Å². The summed E-state index contributed by atoms with van der Waals surface area (Å²) in [5.74, 6) is 0. The van der Waals surface area contributed by atoms with E-state index in [0.29, 0.717) is 0 Å². The van der Waals surface area contributed by atoms with Gasteiger partial charge in [-0.1, -0.05) is 72.8 Å². The van der Waals surface area contributed by atoms with Crippen molar-refractivity contribution in [3.63, 3.8) is 0 Å². The third-order valence-corrected chi connectivity index (χ3v) is 6.72. The highest BCUT2D eigenvalue weighted by Crippen LogP contribution is 2.36. The molecule has 1 aromatic heterocycles. The van der Waals surface area contributed by atoms with Gasteiger partial charge >= 0.3 is 0 Å². The highest BCUT2D eigenvalue weighted by molar-refractivity contribution is 6.25. The standard InChI is InChI=1S/C30H19N/c1-2-9-25-23(7-1)24-8-3-4-10-26(24)29-17-20(12-14-27(25)29)22-13-11-19-16-21-6-5-15-31-30(21)18-28(19)22/h1-12,14-18H,13H2. The Hall–Kier alpha value is -3.97. The van der Waals surface area contributed by atoms with Gasteiger partial charge in [0.25, 0.3) is 0 Å². The highest BCUT2D eigenvalue weighted by atomic mass is 14.6. The van der Waals surface area contributed by atoms with Crippen molar-refractivity contribution in [1.29, 1.82) is 0 Å². The van der Waals surface area contributed by atoms with Crippen LogP contribution in [-0.4, -0.2) is 4.98 Å². The second kappa shape index (κ2) is 6.26. The molecule has 0 fully saturated rings. The van der Waals surface area contributed by atoms with E-state index in [0.717, 1.165) is 11.9 Å². The largest absolute Gasteiger partial charge is 0.256 e. The lowest BCUT2D eigenvalue weighted by Gasteiger charge is -2.12. The lowest BCUT2D eigenvalue weighted by Crippen LogP contribution is -2.23. The van der Waals surface area contributed by atoms with Gasteiger partial charge in [-0.25, -0.2) is 0 Å². The van der Waals surface area contributed by atoms with Gasteiger partial charge in [0.15, 0.2) is 0 Å². The van der Waals surface area contributed by atoms with Gasteiger partial charge in [0.05, 0.1) is 5.52 Å². The molecule has 0 aliphatic heterocycles. The van der Waals surface area contributed by atoms with E-state index in [1.165, 1.54) is 59.3 Å². The van der Waals surface area contributed by atoms with Gasteiger partial charge in [0.1, 0.15) is 0 Å². The third kappa shape index (κ3) is 2.41. The summed E-state index contributed by atoms with van der Waals surface area (Å²) in [5, 5.41) is 11.8. The molecular formula is C30H19N. The average molecular weight is 393 g/mol. The van der Waals surface area contributed by atoms with Crippen LogP contribution in [-0.2, 0) is 0 Å². The van der Waals surface area contributed by atoms with E-state index in [1.807, 2.05) is 12.3 Å². The number of hydrogen-bond donors (Lipinski definition) is 0. The summed E-state index contributed by atoms with van der Waals surface area (Å²) in [6, 6.07) is 33.2. The fourth-order valence-electron chi connectivity index (χ4n) is 5.26. The Bertz CT molecular complexity index is 1770. The molecule has 6 aromatic rings. The molecule has 1 nitrogen and oxygen atoms in total. The zero-order valence-electron chi connectivity index (χ0n) is 17.0. The molecule has 1 aliphatic rings. The van der Waals surface area contributed by atoms with E-state index in [9.17, 15) is 0 Å². The van der Waals surface area contributed by atoms with Crippen LogP contribution in [0.15, 0.2) is 97.2 Å². The number of pyridine rings is 1. The van der Waals surface area contributed by atoms with Crippen LogP contribution in [0.3, 0.4) is 0 Å². The van der Waals surface area contributed by atoms with Crippen LogP contribution >= 0.6 is 0 Å². The highest BCUT2D eigenvalue weighted by Gasteiger charge is 2.13. The molecule has 144 valence electrons. The summed E-state index contributed by atoms with van der Waals surface area (Å²) in [6.45, 7) is 0. The van der Waals surface area contributed by atoms with Crippen molar-refractivity contribution in [1.82, 2.24) is 4.98 Å². The van der Waals surface area contributed by atoms with Crippen LogP contribution in [0.1, 0.15) is 12.0 Å². The van der Waals surface area contributed by atoms with Crippen LogP contribution < -0.4 is 10.4 Å². The van der Waals surface area contributed by atoms with Gasteiger partial charge in [0.2, 0.25) is 0 Å². The van der Waals surface area contributed by atoms with Crippen molar-refractivity contribution in [2.45, 2.75) is 6.42 Å². The maximum atomic E-state index is 4.58. The van der Waals surface area contributed by atoms with Gasteiger partial charge in [-0.15, -0.1) is 0 Å². The zero-order chi connectivity index (χ0) is 20.4. The fraction of sp³-hybridized carbons (Fsp3) is 0.0333. The Labute approximate surface area is 179 Å². The minimum atomic E-state index is 0.961. The molecule has 0 spiro atoms. The second-order valence-electron chi connectivity index (χ2n) is 8.37. The first-order chi connectivity index (χ1) is 15.4. The molecule has 0 saturated heterocycles. The maximum absolute atomic E-state index is 4.58. The molecular weight excluding hydrogens is 374 g/mol. The smallest absolute Gasteiger partial charge is 0.0708 e. The van der Waals surface area contributed by atoms with E-state index < -0.39 is 0 Å². The van der Waals surface area contributed by atoms with E-state index in [2.05, 4.69) is 96.0 Å². The first kappa shape index (κ1) is 16.8. The monoisotopic (exact) mass is 393 g/mol. The summed E-state index contributed by atoms with van der Waals surface area (Å²) in [5.41, 5.74) is 3.76. The van der Waals surface area contributed by atoms with Gasteiger partial charge in [-0.3, -0.25) is 4.98 Å². The van der Waals surface area contributed by atoms with Crippen molar-refractivity contribution in [2.24, 2.45) is 0 Å². The molecule has 0 amide bonds. The van der Waals surface area contributed by atoms with Crippen LogP contribution in [0.5, 0.6) is 0 Å².